The second-order valence-electron chi connectivity index (χ2n) is 9.10. The molecular weight excluding hydrogens is 432 g/mol. The molecule has 8 nitrogen and oxygen atoms in total. The number of carbonyl (C=O) groups excluding carboxylic acids is 2. The lowest BCUT2D eigenvalue weighted by Crippen LogP contribution is -2.51. The number of aromatic nitrogens is 2. The van der Waals surface area contributed by atoms with Gasteiger partial charge in [0.2, 0.25) is 0 Å². The number of hydrogen-bond acceptors (Lipinski definition) is 6. The Morgan fingerprint density at radius 2 is 1.71 bits per heavy atom. The number of amides is 2. The highest BCUT2D eigenvalue weighted by Crippen LogP contribution is 2.32. The molecule has 8 heteroatoms. The van der Waals surface area contributed by atoms with E-state index < -0.39 is 0 Å². The van der Waals surface area contributed by atoms with Gasteiger partial charge in [-0.2, -0.15) is 0 Å². The zero-order valence-electron chi connectivity index (χ0n) is 20.1. The standard InChI is InChI=1S/C26H34N4O4/c1-19-17-28-23(18-27-19)26(32)29-13-10-20(11-14-29)24-5-3-4-12-30(24)25(31)21-6-8-22(9-7-21)34-16-15-33-2/h6-9,17-18,20,24H,3-5,10-16H2,1-2H3/t24-/m0/s1. The minimum atomic E-state index is -0.0599. The lowest BCUT2D eigenvalue weighted by atomic mass is 9.83. The summed E-state index contributed by atoms with van der Waals surface area (Å²) in [6, 6.07) is 7.61. The molecule has 2 aliphatic heterocycles. The maximum atomic E-state index is 13.4. The Hall–Kier alpha value is -3.00. The van der Waals surface area contributed by atoms with Crippen molar-refractivity contribution in [2.24, 2.45) is 5.92 Å². The molecule has 0 bridgehead atoms. The normalized spacial score (nSPS) is 19.2. The first kappa shape index (κ1) is 24.1. The van der Waals surface area contributed by atoms with E-state index in [1.807, 2.05) is 36.1 Å². The van der Waals surface area contributed by atoms with E-state index in [0.717, 1.165) is 50.1 Å². The summed E-state index contributed by atoms with van der Waals surface area (Å²) >= 11 is 0. The molecule has 0 radical (unpaired) electrons. The molecule has 2 amide bonds. The average Bonchev–Trinajstić information content (AvgIpc) is 2.89. The maximum absolute atomic E-state index is 13.4. The van der Waals surface area contributed by atoms with Crippen LogP contribution in [0.5, 0.6) is 5.75 Å². The Kier molecular flexibility index (Phi) is 8.11. The Morgan fingerprint density at radius 3 is 2.38 bits per heavy atom. The van der Waals surface area contributed by atoms with Crippen LogP contribution in [-0.2, 0) is 4.74 Å². The molecule has 0 N–H and O–H groups in total. The molecule has 2 fully saturated rings. The van der Waals surface area contributed by atoms with E-state index in [9.17, 15) is 9.59 Å². The van der Waals surface area contributed by atoms with Gasteiger partial charge in [0, 0.05) is 44.5 Å². The molecule has 2 saturated heterocycles. The lowest BCUT2D eigenvalue weighted by molar-refractivity contribution is 0.0373. The summed E-state index contributed by atoms with van der Waals surface area (Å²) in [6.07, 6.45) is 8.16. The zero-order valence-corrected chi connectivity index (χ0v) is 20.1. The fraction of sp³-hybridized carbons (Fsp3) is 0.538. The predicted molar refractivity (Wildman–Crippen MR) is 128 cm³/mol. The summed E-state index contributed by atoms with van der Waals surface area (Å²) in [5.41, 5.74) is 1.88. The van der Waals surface area contributed by atoms with Crippen molar-refractivity contribution in [3.63, 3.8) is 0 Å². The monoisotopic (exact) mass is 466 g/mol. The molecule has 2 aromatic rings. The quantitative estimate of drug-likeness (QED) is 0.582. The van der Waals surface area contributed by atoms with Crippen LogP contribution < -0.4 is 4.74 Å². The largest absolute Gasteiger partial charge is 0.491 e. The van der Waals surface area contributed by atoms with E-state index in [1.54, 1.807) is 19.5 Å². The molecule has 0 aliphatic carbocycles. The average molecular weight is 467 g/mol. The molecule has 0 spiro atoms. The number of hydrogen-bond donors (Lipinski definition) is 0. The molecule has 1 aromatic carbocycles. The van der Waals surface area contributed by atoms with Crippen molar-refractivity contribution < 1.29 is 19.1 Å². The van der Waals surface area contributed by atoms with Crippen LogP contribution in [-0.4, -0.2) is 77.6 Å². The van der Waals surface area contributed by atoms with Gasteiger partial charge in [0.05, 0.1) is 18.5 Å². The van der Waals surface area contributed by atoms with E-state index in [4.69, 9.17) is 9.47 Å². The number of piperidine rings is 2. The van der Waals surface area contributed by atoms with E-state index in [-0.39, 0.29) is 17.9 Å². The molecule has 2 aliphatic rings. The Morgan fingerprint density at radius 1 is 0.941 bits per heavy atom. The third-order valence-electron chi connectivity index (χ3n) is 6.84. The highest BCUT2D eigenvalue weighted by atomic mass is 16.5. The van der Waals surface area contributed by atoms with E-state index in [2.05, 4.69) is 14.9 Å². The van der Waals surface area contributed by atoms with Gasteiger partial charge in [0.1, 0.15) is 18.1 Å². The Labute approximate surface area is 201 Å². The van der Waals surface area contributed by atoms with Crippen LogP contribution in [0.1, 0.15) is 58.6 Å². The third-order valence-corrected chi connectivity index (χ3v) is 6.84. The molecule has 0 unspecified atom stereocenters. The smallest absolute Gasteiger partial charge is 0.274 e. The lowest BCUT2D eigenvalue weighted by Gasteiger charge is -2.43. The summed E-state index contributed by atoms with van der Waals surface area (Å²) in [5, 5.41) is 0. The number of likely N-dealkylation sites (tertiary alicyclic amines) is 2. The highest BCUT2D eigenvalue weighted by molar-refractivity contribution is 5.94. The number of methoxy groups -OCH3 is 1. The maximum Gasteiger partial charge on any atom is 0.274 e. The number of carbonyl (C=O) groups is 2. The SMILES string of the molecule is COCCOc1ccc(C(=O)N2CCCC[C@H]2C2CCN(C(=O)c3cnc(C)cn3)CC2)cc1. The first-order valence-corrected chi connectivity index (χ1v) is 12.2. The van der Waals surface area contributed by atoms with Gasteiger partial charge in [-0.25, -0.2) is 4.98 Å². The van der Waals surface area contributed by atoms with Gasteiger partial charge in [-0.15, -0.1) is 0 Å². The van der Waals surface area contributed by atoms with Crippen molar-refractivity contribution in [1.29, 1.82) is 0 Å². The van der Waals surface area contributed by atoms with Gasteiger partial charge in [-0.3, -0.25) is 14.6 Å². The van der Waals surface area contributed by atoms with Gasteiger partial charge >= 0.3 is 0 Å². The number of benzene rings is 1. The second-order valence-corrected chi connectivity index (χ2v) is 9.10. The van der Waals surface area contributed by atoms with Crippen LogP contribution >= 0.6 is 0 Å². The van der Waals surface area contributed by atoms with Gasteiger partial charge in [0.15, 0.2) is 0 Å². The topological polar surface area (TPSA) is 84.9 Å². The summed E-state index contributed by atoms with van der Waals surface area (Å²) in [7, 11) is 1.64. The van der Waals surface area contributed by atoms with Gasteiger partial charge in [-0.1, -0.05) is 0 Å². The zero-order chi connectivity index (χ0) is 23.9. The number of rotatable bonds is 7. The van der Waals surface area contributed by atoms with Crippen LogP contribution in [0.3, 0.4) is 0 Å². The van der Waals surface area contributed by atoms with Crippen molar-refractivity contribution in [2.45, 2.75) is 45.1 Å². The number of ether oxygens (including phenoxy) is 2. The highest BCUT2D eigenvalue weighted by Gasteiger charge is 2.36. The third kappa shape index (κ3) is 5.73. The molecule has 34 heavy (non-hydrogen) atoms. The number of nitrogens with zero attached hydrogens (tertiary/aromatic N) is 4. The Balaban J connectivity index is 1.36. The molecule has 3 heterocycles. The molecule has 0 saturated carbocycles. The van der Waals surface area contributed by atoms with Crippen molar-refractivity contribution in [3.05, 3.63) is 53.6 Å². The molecule has 4 rings (SSSR count). The minimum absolute atomic E-state index is 0.0599. The fourth-order valence-electron chi connectivity index (χ4n) is 4.95. The van der Waals surface area contributed by atoms with Gasteiger partial charge in [0.25, 0.3) is 11.8 Å². The van der Waals surface area contributed by atoms with Crippen molar-refractivity contribution in [1.82, 2.24) is 19.8 Å². The summed E-state index contributed by atoms with van der Waals surface area (Å²) in [5.74, 6) is 1.16. The van der Waals surface area contributed by atoms with Crippen LogP contribution in [0.25, 0.3) is 0 Å². The fourth-order valence-corrected chi connectivity index (χ4v) is 4.95. The van der Waals surface area contributed by atoms with E-state index in [0.29, 0.717) is 43.5 Å². The molecule has 1 aromatic heterocycles. The van der Waals surface area contributed by atoms with Crippen LogP contribution in [0.2, 0.25) is 0 Å². The van der Waals surface area contributed by atoms with E-state index in [1.165, 1.54) is 0 Å². The van der Waals surface area contributed by atoms with Crippen LogP contribution in [0, 0.1) is 12.8 Å². The predicted octanol–water partition coefficient (Wildman–Crippen LogP) is 3.36. The number of aryl methyl sites for hydroxylation is 1. The van der Waals surface area contributed by atoms with Crippen molar-refractivity contribution in [3.8, 4) is 5.75 Å². The molecular formula is C26H34N4O4. The van der Waals surface area contributed by atoms with Crippen LogP contribution in [0.15, 0.2) is 36.7 Å². The van der Waals surface area contributed by atoms with Crippen molar-refractivity contribution in [2.75, 3.05) is 40.0 Å². The van der Waals surface area contributed by atoms with E-state index >= 15 is 0 Å². The van der Waals surface area contributed by atoms with Crippen molar-refractivity contribution >= 4 is 11.8 Å². The summed E-state index contributed by atoms with van der Waals surface area (Å²) < 4.78 is 10.6. The van der Waals surface area contributed by atoms with Crippen LogP contribution in [0.4, 0.5) is 0 Å². The van der Waals surface area contributed by atoms with Gasteiger partial charge in [-0.05, 0) is 69.2 Å². The molecule has 1 atom stereocenters. The summed E-state index contributed by atoms with van der Waals surface area (Å²) in [6.45, 7) is 5.02. The first-order chi connectivity index (χ1) is 16.6. The van der Waals surface area contributed by atoms with Gasteiger partial charge < -0.3 is 19.3 Å². The molecule has 182 valence electrons. The summed E-state index contributed by atoms with van der Waals surface area (Å²) in [4.78, 5) is 38.6. The first-order valence-electron chi connectivity index (χ1n) is 12.2. The minimum Gasteiger partial charge on any atom is -0.491 e. The second kappa shape index (κ2) is 11.4. The Bertz CT molecular complexity index is 956.